The molecule has 6 nitrogen and oxygen atoms in total. The number of rotatable bonds is 6. The molecule has 0 aliphatic carbocycles. The van der Waals surface area contributed by atoms with Gasteiger partial charge in [-0.3, -0.25) is 4.79 Å². The van der Waals surface area contributed by atoms with E-state index >= 15 is 0 Å². The molecule has 1 fully saturated rings. The molecule has 0 spiro atoms. The normalized spacial score (nSPS) is 14.3. The number of carbonyl (C=O) groups excluding carboxylic acids is 1. The van der Waals surface area contributed by atoms with Crippen molar-refractivity contribution in [3.8, 4) is 0 Å². The number of anilines is 1. The molecule has 1 aliphatic heterocycles. The van der Waals surface area contributed by atoms with Crippen LogP contribution in [0.5, 0.6) is 0 Å². The fourth-order valence-electron chi connectivity index (χ4n) is 2.80. The summed E-state index contributed by atoms with van der Waals surface area (Å²) in [6.45, 7) is 7.88. The number of aromatic nitrogens is 2. The van der Waals surface area contributed by atoms with Gasteiger partial charge in [-0.2, -0.15) is 0 Å². The number of thioether (sulfide) groups is 1. The lowest BCUT2D eigenvalue weighted by molar-refractivity contribution is 0.0802. The van der Waals surface area contributed by atoms with Gasteiger partial charge in [-0.05, 0) is 31.5 Å². The van der Waals surface area contributed by atoms with Crippen molar-refractivity contribution in [1.82, 2.24) is 14.9 Å². The van der Waals surface area contributed by atoms with Crippen molar-refractivity contribution in [2.75, 3.05) is 44.8 Å². The number of hydrogen-bond acceptors (Lipinski definition) is 6. The smallest absolute Gasteiger partial charge is 0.253 e. The molecule has 7 heteroatoms. The highest BCUT2D eigenvalue weighted by molar-refractivity contribution is 7.98. The summed E-state index contributed by atoms with van der Waals surface area (Å²) in [5, 5.41) is 0.780. The van der Waals surface area contributed by atoms with E-state index in [2.05, 4.69) is 9.88 Å². The third kappa shape index (κ3) is 5.20. The predicted molar refractivity (Wildman–Crippen MR) is 108 cm³/mol. The van der Waals surface area contributed by atoms with Crippen LogP contribution in [-0.2, 0) is 10.5 Å². The fourth-order valence-corrected chi connectivity index (χ4v) is 3.65. The Morgan fingerprint density at radius 1 is 1.22 bits per heavy atom. The first-order valence-corrected chi connectivity index (χ1v) is 10.2. The highest BCUT2D eigenvalue weighted by Gasteiger charge is 2.14. The molecule has 1 saturated heterocycles. The van der Waals surface area contributed by atoms with Crippen LogP contribution in [0.25, 0.3) is 0 Å². The topological polar surface area (TPSA) is 58.6 Å². The lowest BCUT2D eigenvalue weighted by Crippen LogP contribution is -2.36. The molecule has 0 radical (unpaired) electrons. The van der Waals surface area contributed by atoms with Crippen molar-refractivity contribution in [3.05, 3.63) is 47.2 Å². The molecular formula is C20H26N4O2S. The Hall–Kier alpha value is -2.12. The van der Waals surface area contributed by atoms with Crippen molar-refractivity contribution in [3.63, 3.8) is 0 Å². The van der Waals surface area contributed by atoms with Crippen LogP contribution in [0.3, 0.4) is 0 Å². The van der Waals surface area contributed by atoms with Gasteiger partial charge in [0.15, 0.2) is 5.16 Å². The summed E-state index contributed by atoms with van der Waals surface area (Å²) in [4.78, 5) is 25.4. The van der Waals surface area contributed by atoms with Gasteiger partial charge in [0, 0.05) is 49.8 Å². The highest BCUT2D eigenvalue weighted by atomic mass is 32.2. The van der Waals surface area contributed by atoms with Gasteiger partial charge in [0.2, 0.25) is 0 Å². The zero-order chi connectivity index (χ0) is 19.2. The van der Waals surface area contributed by atoms with Gasteiger partial charge in [0.25, 0.3) is 5.91 Å². The number of nitrogens with zero attached hydrogens (tertiary/aromatic N) is 4. The number of morpholine rings is 1. The molecule has 1 amide bonds. The first-order chi connectivity index (χ1) is 13.1. The zero-order valence-corrected chi connectivity index (χ0v) is 17.0. The summed E-state index contributed by atoms with van der Waals surface area (Å²) in [6, 6.07) is 9.81. The van der Waals surface area contributed by atoms with Crippen LogP contribution in [0, 0.1) is 6.92 Å². The largest absolute Gasteiger partial charge is 0.378 e. The van der Waals surface area contributed by atoms with Gasteiger partial charge in [-0.25, -0.2) is 9.97 Å². The minimum atomic E-state index is 0.0499. The Kier molecular flexibility index (Phi) is 6.68. The van der Waals surface area contributed by atoms with Crippen LogP contribution in [0.1, 0.15) is 28.5 Å². The Morgan fingerprint density at radius 2 is 1.93 bits per heavy atom. The number of carbonyl (C=O) groups is 1. The molecule has 0 N–H and O–H groups in total. The maximum absolute atomic E-state index is 12.2. The maximum atomic E-state index is 12.2. The Balaban J connectivity index is 1.64. The molecule has 1 aromatic carbocycles. The molecule has 27 heavy (non-hydrogen) atoms. The number of hydrogen-bond donors (Lipinski definition) is 0. The van der Waals surface area contributed by atoms with E-state index in [0.29, 0.717) is 6.54 Å². The molecule has 0 bridgehead atoms. The van der Waals surface area contributed by atoms with Crippen molar-refractivity contribution < 1.29 is 9.53 Å². The SMILES string of the molecule is CCN(C)C(=O)c1ccc(CSc2nc(C)cc(N3CCOCC3)n2)cc1. The third-order valence-corrected chi connectivity index (χ3v) is 5.46. The van der Waals surface area contributed by atoms with Gasteiger partial charge in [-0.1, -0.05) is 23.9 Å². The highest BCUT2D eigenvalue weighted by Crippen LogP contribution is 2.23. The zero-order valence-electron chi connectivity index (χ0n) is 16.1. The van der Waals surface area contributed by atoms with Crippen LogP contribution in [0.15, 0.2) is 35.5 Å². The van der Waals surface area contributed by atoms with Crippen LogP contribution in [0.2, 0.25) is 0 Å². The van der Waals surface area contributed by atoms with Gasteiger partial charge in [0.05, 0.1) is 13.2 Å². The summed E-state index contributed by atoms with van der Waals surface area (Å²) >= 11 is 1.62. The standard InChI is InChI=1S/C20H26N4O2S/c1-4-23(3)19(25)17-7-5-16(6-8-17)14-27-20-21-15(2)13-18(22-20)24-9-11-26-12-10-24/h5-8,13H,4,9-12,14H2,1-3H3. The third-order valence-electron chi connectivity index (χ3n) is 4.55. The van der Waals surface area contributed by atoms with E-state index in [-0.39, 0.29) is 5.91 Å². The molecule has 2 heterocycles. The average molecular weight is 387 g/mol. The Labute approximate surface area is 164 Å². The molecule has 3 rings (SSSR count). The second kappa shape index (κ2) is 9.19. The molecule has 0 atom stereocenters. The molecule has 0 saturated carbocycles. The molecule has 1 aliphatic rings. The van der Waals surface area contributed by atoms with E-state index in [1.807, 2.05) is 51.2 Å². The van der Waals surface area contributed by atoms with E-state index < -0.39 is 0 Å². The monoisotopic (exact) mass is 386 g/mol. The minimum absolute atomic E-state index is 0.0499. The number of ether oxygens (including phenoxy) is 1. The van der Waals surface area contributed by atoms with Gasteiger partial charge in [0.1, 0.15) is 5.82 Å². The Bertz CT molecular complexity index is 776. The lowest BCUT2D eigenvalue weighted by atomic mass is 10.1. The van der Waals surface area contributed by atoms with Crippen molar-refractivity contribution in [1.29, 1.82) is 0 Å². The number of benzene rings is 1. The quantitative estimate of drug-likeness (QED) is 0.562. The molecular weight excluding hydrogens is 360 g/mol. The molecule has 144 valence electrons. The lowest BCUT2D eigenvalue weighted by Gasteiger charge is -2.28. The van der Waals surface area contributed by atoms with E-state index in [1.54, 1.807) is 16.7 Å². The first-order valence-electron chi connectivity index (χ1n) is 9.22. The average Bonchev–Trinajstić information content (AvgIpc) is 2.71. The number of aryl methyl sites for hydroxylation is 1. The summed E-state index contributed by atoms with van der Waals surface area (Å²) in [5.74, 6) is 1.79. The number of amides is 1. The van der Waals surface area contributed by atoms with Crippen molar-refractivity contribution in [2.24, 2.45) is 0 Å². The van der Waals surface area contributed by atoms with Crippen LogP contribution in [-0.4, -0.2) is 60.7 Å². The minimum Gasteiger partial charge on any atom is -0.378 e. The maximum Gasteiger partial charge on any atom is 0.253 e. The van der Waals surface area contributed by atoms with Crippen molar-refractivity contribution in [2.45, 2.75) is 24.8 Å². The van der Waals surface area contributed by atoms with Crippen LogP contribution in [0.4, 0.5) is 5.82 Å². The predicted octanol–water partition coefficient (Wildman–Crippen LogP) is 3.01. The second-order valence-corrected chi connectivity index (χ2v) is 7.50. The fraction of sp³-hybridized carbons (Fsp3) is 0.450. The van der Waals surface area contributed by atoms with E-state index in [9.17, 15) is 4.79 Å². The Morgan fingerprint density at radius 3 is 2.59 bits per heavy atom. The van der Waals surface area contributed by atoms with E-state index in [4.69, 9.17) is 9.72 Å². The van der Waals surface area contributed by atoms with Gasteiger partial charge < -0.3 is 14.5 Å². The first kappa shape index (κ1) is 19.6. The second-order valence-electron chi connectivity index (χ2n) is 6.55. The summed E-state index contributed by atoms with van der Waals surface area (Å²) < 4.78 is 5.42. The summed E-state index contributed by atoms with van der Waals surface area (Å²) in [6.07, 6.45) is 0. The van der Waals surface area contributed by atoms with E-state index in [1.165, 1.54) is 0 Å². The molecule has 2 aromatic rings. The summed E-state index contributed by atoms with van der Waals surface area (Å²) in [5.41, 5.74) is 2.83. The van der Waals surface area contributed by atoms with E-state index in [0.717, 1.165) is 59.9 Å². The van der Waals surface area contributed by atoms with Gasteiger partial charge >= 0.3 is 0 Å². The van der Waals surface area contributed by atoms with Crippen LogP contribution < -0.4 is 4.90 Å². The van der Waals surface area contributed by atoms with Crippen molar-refractivity contribution >= 4 is 23.5 Å². The molecule has 0 unspecified atom stereocenters. The molecule has 1 aromatic heterocycles. The van der Waals surface area contributed by atoms with Gasteiger partial charge in [-0.15, -0.1) is 0 Å². The van der Waals surface area contributed by atoms with Crippen LogP contribution >= 0.6 is 11.8 Å². The summed E-state index contributed by atoms with van der Waals surface area (Å²) in [7, 11) is 1.81.